The number of nitrogens with zero attached hydrogens (tertiary/aromatic N) is 2. The second-order valence-electron chi connectivity index (χ2n) is 15.0. The first kappa shape index (κ1) is 43.4. The molecule has 53 heavy (non-hydrogen) atoms. The summed E-state index contributed by atoms with van der Waals surface area (Å²) in [7, 11) is 0. The van der Waals surface area contributed by atoms with Crippen molar-refractivity contribution in [2.24, 2.45) is 15.8 Å². The van der Waals surface area contributed by atoms with Gasteiger partial charge in [-0.3, -0.25) is 4.79 Å². The molecule has 0 atom stereocenters. The molecule has 0 unspecified atom stereocenters. The Labute approximate surface area is 338 Å². The van der Waals surface area contributed by atoms with Crippen molar-refractivity contribution in [1.29, 1.82) is 0 Å². The molecule has 1 aliphatic heterocycles. The number of aliphatic imine (C=N–C) groups is 1. The average Bonchev–Trinajstić information content (AvgIpc) is 3.72. The smallest absolute Gasteiger partial charge is 0.164 e. The Morgan fingerprint density at radius 3 is 2.08 bits per heavy atom. The van der Waals surface area contributed by atoms with Gasteiger partial charge in [0.05, 0.1) is 5.52 Å². The third-order valence-electron chi connectivity index (χ3n) is 8.09. The molecule has 4 nitrogen and oxygen atoms in total. The van der Waals surface area contributed by atoms with Crippen LogP contribution in [-0.2, 0) is 24.9 Å². The van der Waals surface area contributed by atoms with Crippen molar-refractivity contribution < 1.29 is 30.0 Å². The Bertz CT molecular complexity index is 2150. The second-order valence-corrected chi connectivity index (χ2v) is 17.5. The zero-order chi connectivity index (χ0) is 38.2. The van der Waals surface area contributed by atoms with E-state index >= 15 is 0 Å². The summed E-state index contributed by atoms with van der Waals surface area (Å²) in [6, 6.07) is 29.8. The Balaban J connectivity index is 0.000000224. The molecule has 1 aliphatic rings. The Hall–Kier alpha value is -4.00. The maximum Gasteiger partial charge on any atom is 0.164 e. The molecule has 0 amide bonds. The first-order valence-corrected chi connectivity index (χ1v) is 19.0. The van der Waals surface area contributed by atoms with E-state index in [1.165, 1.54) is 43.5 Å². The Morgan fingerprint density at radius 2 is 1.53 bits per heavy atom. The number of dihydropyridines is 1. The number of aromatic nitrogens is 1. The van der Waals surface area contributed by atoms with Crippen LogP contribution in [0.15, 0.2) is 120 Å². The predicted molar refractivity (Wildman–Crippen MR) is 225 cm³/mol. The van der Waals surface area contributed by atoms with Crippen LogP contribution in [0, 0.1) is 43.7 Å². The molecule has 0 spiro atoms. The van der Waals surface area contributed by atoms with Crippen LogP contribution in [0.2, 0.25) is 0 Å². The van der Waals surface area contributed by atoms with Gasteiger partial charge in [-0.1, -0.05) is 148 Å². The number of aryl methyl sites for hydroxylation is 3. The van der Waals surface area contributed by atoms with Crippen LogP contribution in [0.25, 0.3) is 32.6 Å². The Kier molecular flexibility index (Phi) is 15.4. The van der Waals surface area contributed by atoms with Gasteiger partial charge in [0.1, 0.15) is 5.76 Å². The van der Waals surface area contributed by atoms with Crippen molar-refractivity contribution in [2.75, 3.05) is 0 Å². The fourth-order valence-corrected chi connectivity index (χ4v) is 6.61. The van der Waals surface area contributed by atoms with E-state index in [1.807, 2.05) is 65.8 Å². The zero-order valence-electron chi connectivity index (χ0n) is 32.3. The van der Waals surface area contributed by atoms with Crippen molar-refractivity contribution in [3.05, 3.63) is 147 Å². The van der Waals surface area contributed by atoms with E-state index < -0.39 is 5.41 Å². The monoisotopic (exact) mass is 919 g/mol. The normalized spacial score (nSPS) is 13.1. The zero-order valence-corrected chi connectivity index (χ0v) is 36.3. The number of carbonyl (C=O) groups excluding carboxylic acids is 1. The largest absolute Gasteiger partial charge is 0.512 e. The number of ketones is 1. The van der Waals surface area contributed by atoms with Crippen LogP contribution in [-0.4, -0.2) is 21.6 Å². The predicted octanol–water partition coefficient (Wildman–Crippen LogP) is 13.2. The van der Waals surface area contributed by atoms with E-state index in [1.54, 1.807) is 22.7 Å². The molecule has 0 aliphatic carbocycles. The first-order valence-electron chi connectivity index (χ1n) is 17.4. The molecule has 6 rings (SSSR count). The number of pyridine rings is 1. The molecule has 5 aromatic rings. The van der Waals surface area contributed by atoms with Crippen molar-refractivity contribution >= 4 is 45.1 Å². The topological polar surface area (TPSA) is 62.5 Å². The van der Waals surface area contributed by atoms with E-state index in [9.17, 15) is 9.90 Å². The molecule has 1 N–H and O–H groups in total. The molecule has 3 aromatic heterocycles. The second kappa shape index (κ2) is 18.8. The van der Waals surface area contributed by atoms with E-state index in [0.717, 1.165) is 45.2 Å². The van der Waals surface area contributed by atoms with E-state index in [2.05, 4.69) is 106 Å². The van der Waals surface area contributed by atoms with Crippen molar-refractivity contribution in [3.63, 3.8) is 0 Å². The first-order chi connectivity index (χ1) is 24.4. The molecule has 2 aromatic carbocycles. The third kappa shape index (κ3) is 12.5. The molecule has 1 radical (unpaired) electrons. The van der Waals surface area contributed by atoms with Gasteiger partial charge in [0.2, 0.25) is 0 Å². The number of benzene rings is 2. The minimum Gasteiger partial charge on any atom is -0.512 e. The molecular formula is C46H50IrN2O2S2-2. The van der Waals surface area contributed by atoms with Gasteiger partial charge in [0, 0.05) is 54.5 Å². The fourth-order valence-electron chi connectivity index (χ4n) is 5.08. The van der Waals surface area contributed by atoms with Crippen molar-refractivity contribution in [2.45, 2.75) is 75.2 Å². The SMILES string of the molecule is C=CCC1=CC(c2[c-]cc(C)s2)=NC(=C)C1.CC(C)(C)C(=O)/C=C(\O)C(C)(C)C.Cc1ccc2c(-c3ccccc3)cc(-c3[c-]cc(C)s3)nc2c1.[Ir]. The number of aliphatic hydroxyl groups excluding tert-OH is 1. The molecule has 7 heteroatoms. The number of aliphatic hydroxyl groups is 1. The van der Waals surface area contributed by atoms with Crippen LogP contribution in [0.3, 0.4) is 0 Å². The van der Waals surface area contributed by atoms with Crippen molar-refractivity contribution in [3.8, 4) is 21.7 Å². The minimum atomic E-state index is -0.417. The molecule has 0 saturated carbocycles. The van der Waals surface area contributed by atoms with Gasteiger partial charge in [-0.15, -0.1) is 6.58 Å². The number of rotatable bonds is 6. The average molecular weight is 919 g/mol. The number of allylic oxidation sites excluding steroid dienone is 5. The summed E-state index contributed by atoms with van der Waals surface area (Å²) in [5.41, 5.74) is 8.20. The third-order valence-corrected chi connectivity index (χ3v) is 10.0. The Morgan fingerprint density at radius 1 is 0.906 bits per heavy atom. The molecule has 0 bridgehead atoms. The standard InChI is InChI=1S/C21H16NS.C14H14NS.C11H20O2.Ir/c1-14-8-10-17-18(16-6-4-3-5-7-16)13-20(22-19(17)12-14)21-11-9-15(2)23-21;1-4-5-12-8-10(2)15-13(9-12)14-7-6-11(3)16-14;1-10(2,3)8(12)7-9(13)11(4,5)6;/h3-10,12-13H,1-2H3;4,6,9H,1-2,5,8H2,3H3;7,12H,1-6H3;/q2*-1;;/b;;8-7-;. The molecule has 4 heterocycles. The minimum absolute atomic E-state index is 0. The molecular weight excluding hydrogens is 869 g/mol. The number of hydrogen-bond acceptors (Lipinski definition) is 6. The summed E-state index contributed by atoms with van der Waals surface area (Å²) < 4.78 is 0. The molecule has 279 valence electrons. The quantitative estimate of drug-likeness (QED) is 0.0799. The summed E-state index contributed by atoms with van der Waals surface area (Å²) >= 11 is 3.46. The van der Waals surface area contributed by atoms with Gasteiger partial charge in [0.25, 0.3) is 0 Å². The number of hydrogen-bond donors (Lipinski definition) is 1. The van der Waals surface area contributed by atoms with Gasteiger partial charge in [-0.25, -0.2) is 22.7 Å². The van der Waals surface area contributed by atoms with Gasteiger partial charge in [0.15, 0.2) is 5.78 Å². The van der Waals surface area contributed by atoms with E-state index in [0.29, 0.717) is 0 Å². The van der Waals surface area contributed by atoms with E-state index in [-0.39, 0.29) is 37.1 Å². The van der Waals surface area contributed by atoms with Gasteiger partial charge < -0.3 is 15.1 Å². The summed E-state index contributed by atoms with van der Waals surface area (Å²) in [4.78, 5) is 25.6. The summed E-state index contributed by atoms with van der Waals surface area (Å²) in [6.07, 6.45) is 7.16. The van der Waals surface area contributed by atoms with Gasteiger partial charge in [-0.2, -0.15) is 24.3 Å². The van der Waals surface area contributed by atoms with Crippen LogP contribution in [0.5, 0.6) is 0 Å². The van der Waals surface area contributed by atoms with Gasteiger partial charge >= 0.3 is 0 Å². The molecule has 0 saturated heterocycles. The van der Waals surface area contributed by atoms with Crippen LogP contribution >= 0.6 is 22.7 Å². The maximum atomic E-state index is 11.5. The van der Waals surface area contributed by atoms with Crippen LogP contribution < -0.4 is 0 Å². The van der Waals surface area contributed by atoms with E-state index in [4.69, 9.17) is 4.98 Å². The molecule has 0 fully saturated rings. The number of carbonyl (C=O) groups is 1. The number of thiophene rings is 2. The van der Waals surface area contributed by atoms with Crippen molar-refractivity contribution in [1.82, 2.24) is 4.98 Å². The summed E-state index contributed by atoms with van der Waals surface area (Å²) in [5.74, 6) is 0.104. The summed E-state index contributed by atoms with van der Waals surface area (Å²) in [6.45, 7) is 25.1. The number of fused-ring (bicyclic) bond motifs is 1. The van der Waals surface area contributed by atoms with Gasteiger partial charge in [-0.05, 0) is 47.5 Å². The maximum absolute atomic E-state index is 11.5. The van der Waals surface area contributed by atoms with Crippen LogP contribution in [0.1, 0.15) is 74.6 Å². The fraction of sp³-hybridized carbons (Fsp3) is 0.283. The van der Waals surface area contributed by atoms with Crippen LogP contribution in [0.4, 0.5) is 0 Å². The summed E-state index contributed by atoms with van der Waals surface area (Å²) in [5, 5.41) is 10.8.